The van der Waals surface area contributed by atoms with Crippen molar-refractivity contribution in [1.29, 1.82) is 0 Å². The number of nitrogens with zero attached hydrogens (tertiary/aromatic N) is 5. The number of carboxylic acids is 1. The summed E-state index contributed by atoms with van der Waals surface area (Å²) in [5.41, 5.74) is 1.48. The first-order valence-electron chi connectivity index (χ1n) is 12.9. The van der Waals surface area contributed by atoms with Crippen LogP contribution >= 0.6 is 23.2 Å². The summed E-state index contributed by atoms with van der Waals surface area (Å²) in [4.78, 5) is 28.5. The molecule has 0 bridgehead atoms. The van der Waals surface area contributed by atoms with E-state index in [0.29, 0.717) is 46.5 Å². The molecule has 12 heteroatoms. The van der Waals surface area contributed by atoms with Gasteiger partial charge in [-0.15, -0.1) is 0 Å². The number of nitrogens with one attached hydrogen (secondary N) is 1. The minimum Gasteiger partial charge on any atom is -0.481 e. The van der Waals surface area contributed by atoms with Crippen LogP contribution in [0.1, 0.15) is 24.8 Å². The molecule has 3 aromatic rings. The number of benzene rings is 1. The number of anilines is 1. The molecule has 2 aromatic heterocycles. The van der Waals surface area contributed by atoms with Gasteiger partial charge in [0.05, 0.1) is 18.1 Å². The van der Waals surface area contributed by atoms with E-state index < -0.39 is 11.8 Å². The largest absolute Gasteiger partial charge is 0.481 e. The maximum atomic E-state index is 15.8. The second-order valence-electron chi connectivity index (χ2n) is 9.81. The van der Waals surface area contributed by atoms with Crippen molar-refractivity contribution in [2.75, 3.05) is 44.2 Å². The second kappa shape index (κ2) is 12.4. The van der Waals surface area contributed by atoms with E-state index in [4.69, 9.17) is 33.0 Å². The number of piperazine rings is 1. The smallest absolute Gasteiger partial charge is 0.303 e. The van der Waals surface area contributed by atoms with Gasteiger partial charge in [0.25, 0.3) is 5.88 Å². The Kier molecular flexibility index (Phi) is 8.76. The van der Waals surface area contributed by atoms with Gasteiger partial charge >= 0.3 is 5.97 Å². The molecular formula is C27H29Cl2FN6O3. The molecule has 1 aromatic carbocycles. The molecule has 9 nitrogen and oxygen atoms in total. The molecule has 2 N–H and O–H groups in total. The first-order chi connectivity index (χ1) is 18.8. The maximum Gasteiger partial charge on any atom is 0.303 e. The summed E-state index contributed by atoms with van der Waals surface area (Å²) >= 11 is 12.5. The van der Waals surface area contributed by atoms with Gasteiger partial charge in [-0.2, -0.15) is 0 Å². The van der Waals surface area contributed by atoms with Crippen LogP contribution < -0.4 is 15.0 Å². The number of hydrogen-bond acceptors (Lipinski definition) is 8. The van der Waals surface area contributed by atoms with Crippen LogP contribution in [0.4, 0.5) is 10.2 Å². The van der Waals surface area contributed by atoms with Crippen LogP contribution in [0, 0.1) is 11.7 Å². The highest BCUT2D eigenvalue weighted by atomic mass is 35.5. The summed E-state index contributed by atoms with van der Waals surface area (Å²) in [6.07, 6.45) is 4.72. The lowest BCUT2D eigenvalue weighted by atomic mass is 9.93. The second-order valence-corrected chi connectivity index (χ2v) is 10.7. The molecule has 39 heavy (non-hydrogen) atoms. The van der Waals surface area contributed by atoms with Gasteiger partial charge in [-0.3, -0.25) is 9.69 Å². The highest BCUT2D eigenvalue weighted by Crippen LogP contribution is 2.33. The third-order valence-corrected chi connectivity index (χ3v) is 7.42. The van der Waals surface area contributed by atoms with E-state index in [0.717, 1.165) is 44.8 Å². The number of carboxylic acid groups (broad SMARTS) is 1. The molecule has 2 saturated heterocycles. The molecule has 5 rings (SSSR count). The van der Waals surface area contributed by atoms with Crippen LogP contribution in [0.25, 0.3) is 11.3 Å². The number of piperidine rings is 1. The summed E-state index contributed by atoms with van der Waals surface area (Å²) in [5.74, 6) is -0.610. The van der Waals surface area contributed by atoms with E-state index in [-0.39, 0.29) is 24.1 Å². The zero-order valence-corrected chi connectivity index (χ0v) is 22.8. The van der Waals surface area contributed by atoms with Crippen molar-refractivity contribution in [3.8, 4) is 23.0 Å². The van der Waals surface area contributed by atoms with E-state index in [1.807, 2.05) is 0 Å². The summed E-state index contributed by atoms with van der Waals surface area (Å²) in [6, 6.07) is 6.71. The summed E-state index contributed by atoms with van der Waals surface area (Å²) in [6.45, 7) is 5.06. The van der Waals surface area contributed by atoms with Gasteiger partial charge in [0.15, 0.2) is 5.82 Å². The fourth-order valence-corrected chi connectivity index (χ4v) is 5.47. The van der Waals surface area contributed by atoms with Crippen molar-refractivity contribution in [3.05, 3.63) is 58.1 Å². The van der Waals surface area contributed by atoms with Crippen LogP contribution in [-0.2, 0) is 11.3 Å². The average molecular weight is 575 g/mol. The normalized spacial score (nSPS) is 16.8. The molecule has 2 aliphatic rings. The van der Waals surface area contributed by atoms with Gasteiger partial charge < -0.3 is 20.1 Å². The lowest BCUT2D eigenvalue weighted by Gasteiger charge is -2.31. The molecular weight excluding hydrogens is 546 g/mol. The number of carbonyl (C=O) groups is 1. The average Bonchev–Trinajstić information content (AvgIpc) is 2.92. The summed E-state index contributed by atoms with van der Waals surface area (Å²) < 4.78 is 21.6. The summed E-state index contributed by atoms with van der Waals surface area (Å²) in [5, 5.41) is 13.3. The first-order valence-corrected chi connectivity index (χ1v) is 13.7. The fraction of sp³-hybridized carbons (Fsp3) is 0.407. The van der Waals surface area contributed by atoms with Crippen molar-refractivity contribution in [2.24, 2.45) is 5.92 Å². The van der Waals surface area contributed by atoms with Crippen molar-refractivity contribution >= 4 is 35.0 Å². The Balaban J connectivity index is 1.40. The van der Waals surface area contributed by atoms with E-state index in [2.05, 4.69) is 30.1 Å². The van der Waals surface area contributed by atoms with Crippen LogP contribution in [0.15, 0.2) is 36.7 Å². The van der Waals surface area contributed by atoms with Crippen molar-refractivity contribution in [2.45, 2.75) is 25.8 Å². The Labute approximate surface area is 235 Å². The maximum absolute atomic E-state index is 15.8. The molecule has 2 aliphatic heterocycles. The quantitative estimate of drug-likeness (QED) is 0.389. The number of aliphatic carboxylic acids is 1. The Morgan fingerprint density at radius 1 is 1.05 bits per heavy atom. The van der Waals surface area contributed by atoms with Crippen molar-refractivity contribution < 1.29 is 19.0 Å². The number of ether oxygens (including phenoxy) is 1. The number of halogens is 3. The van der Waals surface area contributed by atoms with Gasteiger partial charge in [0.2, 0.25) is 5.88 Å². The van der Waals surface area contributed by atoms with Gasteiger partial charge in [0, 0.05) is 60.3 Å². The molecule has 0 amide bonds. The summed E-state index contributed by atoms with van der Waals surface area (Å²) in [7, 11) is 0. The Morgan fingerprint density at radius 2 is 1.77 bits per heavy atom. The number of pyridine rings is 1. The van der Waals surface area contributed by atoms with Crippen molar-refractivity contribution in [1.82, 2.24) is 25.2 Å². The predicted molar refractivity (Wildman–Crippen MR) is 147 cm³/mol. The highest BCUT2D eigenvalue weighted by molar-refractivity contribution is 6.35. The highest BCUT2D eigenvalue weighted by Gasteiger charge is 2.24. The third kappa shape index (κ3) is 7.13. The standard InChI is InChI=1S/C27H29Cl2FN6O3/c28-20-10-18(11-21(29)13-20)22-12-19(16-35-5-1-17(2-6-35)9-25(37)38)26(30)27(34-22)39-24-15-32-23(14-33-24)36-7-3-31-4-8-36/h10-15,17,31H,1-9,16H2,(H,37,38). The van der Waals surface area contributed by atoms with Gasteiger partial charge in [0.1, 0.15) is 5.82 Å². The zero-order valence-electron chi connectivity index (χ0n) is 21.2. The fourth-order valence-electron chi connectivity index (χ4n) is 4.94. The van der Waals surface area contributed by atoms with Gasteiger partial charge in [-0.1, -0.05) is 23.2 Å². The molecule has 2 fully saturated rings. The van der Waals surface area contributed by atoms with Crippen LogP contribution in [0.2, 0.25) is 10.0 Å². The van der Waals surface area contributed by atoms with Crippen molar-refractivity contribution in [3.63, 3.8) is 0 Å². The van der Waals surface area contributed by atoms with E-state index in [9.17, 15) is 4.79 Å². The van der Waals surface area contributed by atoms with Gasteiger partial charge in [-0.25, -0.2) is 19.3 Å². The van der Waals surface area contributed by atoms with Crippen LogP contribution in [-0.4, -0.2) is 70.2 Å². The molecule has 4 heterocycles. The molecule has 206 valence electrons. The predicted octanol–water partition coefficient (Wildman–Crippen LogP) is 4.87. The minimum absolute atomic E-state index is 0.127. The van der Waals surface area contributed by atoms with Crippen LogP contribution in [0.5, 0.6) is 11.8 Å². The lowest BCUT2D eigenvalue weighted by Crippen LogP contribution is -2.43. The Morgan fingerprint density at radius 3 is 2.41 bits per heavy atom. The number of aromatic nitrogens is 3. The Bertz CT molecular complexity index is 1300. The third-order valence-electron chi connectivity index (χ3n) is 6.98. The number of rotatable bonds is 8. The SMILES string of the molecule is O=C(O)CC1CCN(Cc2cc(-c3cc(Cl)cc(Cl)c3)nc(Oc3cnc(N4CCNCC4)cn3)c2F)CC1. The van der Waals surface area contributed by atoms with Crippen LogP contribution in [0.3, 0.4) is 0 Å². The molecule has 0 aliphatic carbocycles. The van der Waals surface area contributed by atoms with Gasteiger partial charge in [-0.05, 0) is 56.1 Å². The minimum atomic E-state index is -0.788. The first kappa shape index (κ1) is 27.5. The van der Waals surface area contributed by atoms with E-state index >= 15 is 4.39 Å². The Hall–Kier alpha value is -3.05. The zero-order chi connectivity index (χ0) is 27.4. The monoisotopic (exact) mass is 574 g/mol. The number of hydrogen-bond donors (Lipinski definition) is 2. The molecule has 0 spiro atoms. The lowest BCUT2D eigenvalue weighted by molar-refractivity contribution is -0.138. The topological polar surface area (TPSA) is 104 Å². The molecule has 0 radical (unpaired) electrons. The molecule has 0 saturated carbocycles. The molecule has 0 atom stereocenters. The van der Waals surface area contributed by atoms with E-state index in [1.165, 1.54) is 6.20 Å². The number of likely N-dealkylation sites (tertiary alicyclic amines) is 1. The molecule has 0 unspecified atom stereocenters. The van der Waals surface area contributed by atoms with E-state index in [1.54, 1.807) is 30.5 Å².